The molecule has 2 aromatic rings. The van der Waals surface area contributed by atoms with E-state index in [2.05, 4.69) is 4.98 Å². The second-order valence-corrected chi connectivity index (χ2v) is 4.08. The molecule has 0 aliphatic rings. The van der Waals surface area contributed by atoms with Crippen LogP contribution in [0, 0.1) is 0 Å². The molecule has 2 N–H and O–H groups in total. The van der Waals surface area contributed by atoms with Gasteiger partial charge in [-0.15, -0.1) is 0 Å². The van der Waals surface area contributed by atoms with E-state index in [9.17, 15) is 0 Å². The third-order valence-electron chi connectivity index (χ3n) is 2.33. The Morgan fingerprint density at radius 2 is 1.88 bits per heavy atom. The van der Waals surface area contributed by atoms with Crippen molar-refractivity contribution in [3.63, 3.8) is 0 Å². The van der Waals surface area contributed by atoms with Crippen LogP contribution in [-0.2, 0) is 6.42 Å². The average molecular weight is 249 g/mol. The summed E-state index contributed by atoms with van der Waals surface area (Å²) in [6.07, 6.45) is 2.46. The summed E-state index contributed by atoms with van der Waals surface area (Å²) in [5, 5.41) is 0.748. The molecule has 0 spiro atoms. The van der Waals surface area contributed by atoms with Gasteiger partial charge in [0, 0.05) is 11.4 Å². The van der Waals surface area contributed by atoms with Gasteiger partial charge in [0.15, 0.2) is 0 Å². The van der Waals surface area contributed by atoms with Crippen molar-refractivity contribution in [2.24, 2.45) is 0 Å². The Labute approximate surface area is 105 Å². The number of rotatable bonds is 4. The molecule has 0 radical (unpaired) electrons. The first-order valence-electron chi connectivity index (χ1n) is 5.33. The van der Waals surface area contributed by atoms with Crippen molar-refractivity contribution >= 4 is 17.4 Å². The first-order chi connectivity index (χ1) is 8.24. The number of anilines is 1. The van der Waals surface area contributed by atoms with E-state index in [1.165, 1.54) is 5.56 Å². The number of nitrogens with zero attached hydrogens (tertiary/aromatic N) is 1. The second kappa shape index (κ2) is 5.55. The van der Waals surface area contributed by atoms with Gasteiger partial charge in [-0.05, 0) is 29.8 Å². The zero-order valence-corrected chi connectivity index (χ0v) is 10.0. The molecule has 0 saturated carbocycles. The first-order valence-corrected chi connectivity index (χ1v) is 5.70. The Balaban J connectivity index is 1.83. The van der Waals surface area contributed by atoms with Gasteiger partial charge in [-0.25, -0.2) is 4.98 Å². The van der Waals surface area contributed by atoms with Crippen LogP contribution < -0.4 is 10.5 Å². The van der Waals surface area contributed by atoms with Crippen LogP contribution >= 0.6 is 11.6 Å². The van der Waals surface area contributed by atoms with E-state index in [0.29, 0.717) is 12.4 Å². The molecule has 17 heavy (non-hydrogen) atoms. The molecule has 88 valence electrons. The quantitative estimate of drug-likeness (QED) is 0.905. The van der Waals surface area contributed by atoms with Crippen LogP contribution in [0.4, 0.5) is 5.82 Å². The fourth-order valence-corrected chi connectivity index (χ4v) is 1.54. The molecule has 0 fully saturated rings. The largest absolute Gasteiger partial charge is 0.492 e. The maximum absolute atomic E-state index is 5.81. The maximum atomic E-state index is 5.81. The molecule has 0 atom stereocenters. The van der Waals surface area contributed by atoms with Gasteiger partial charge >= 0.3 is 0 Å². The number of nitrogen functional groups attached to an aromatic ring is 1. The van der Waals surface area contributed by atoms with Crippen LogP contribution in [-0.4, -0.2) is 11.6 Å². The third-order valence-corrected chi connectivity index (χ3v) is 2.58. The summed E-state index contributed by atoms with van der Waals surface area (Å²) in [4.78, 5) is 3.95. The molecule has 3 nitrogen and oxygen atoms in total. The average Bonchev–Trinajstić information content (AvgIpc) is 2.34. The fraction of sp³-hybridized carbons (Fsp3) is 0.154. The number of ether oxygens (including phenoxy) is 1. The smallest absolute Gasteiger partial charge is 0.137 e. The SMILES string of the molecule is Nc1ccc(OCCc2ccc(Cl)cc2)cn1. The van der Waals surface area contributed by atoms with E-state index in [-0.39, 0.29) is 0 Å². The highest BCUT2D eigenvalue weighted by Crippen LogP contribution is 2.12. The van der Waals surface area contributed by atoms with E-state index >= 15 is 0 Å². The number of hydrogen-bond donors (Lipinski definition) is 1. The molecular weight excluding hydrogens is 236 g/mol. The molecule has 0 amide bonds. The van der Waals surface area contributed by atoms with Crippen LogP contribution in [0.2, 0.25) is 5.02 Å². The maximum Gasteiger partial charge on any atom is 0.137 e. The molecule has 1 aromatic carbocycles. The third kappa shape index (κ3) is 3.64. The highest BCUT2D eigenvalue weighted by molar-refractivity contribution is 6.30. The van der Waals surface area contributed by atoms with Crippen LogP contribution in [0.1, 0.15) is 5.56 Å². The summed E-state index contributed by atoms with van der Waals surface area (Å²) in [6.45, 7) is 0.604. The molecule has 0 aliphatic carbocycles. The van der Waals surface area contributed by atoms with Gasteiger partial charge in [0.2, 0.25) is 0 Å². The van der Waals surface area contributed by atoms with E-state index in [4.69, 9.17) is 22.1 Å². The Bertz CT molecular complexity index is 422. The van der Waals surface area contributed by atoms with Crippen LogP contribution in [0.25, 0.3) is 0 Å². The van der Waals surface area contributed by atoms with Crippen molar-refractivity contribution in [2.45, 2.75) is 6.42 Å². The lowest BCUT2D eigenvalue weighted by Gasteiger charge is -2.06. The molecule has 0 saturated heterocycles. The van der Waals surface area contributed by atoms with Crippen molar-refractivity contribution in [3.8, 4) is 5.75 Å². The van der Waals surface area contributed by atoms with Crippen LogP contribution in [0.15, 0.2) is 42.6 Å². The monoisotopic (exact) mass is 248 g/mol. The summed E-state index contributed by atoms with van der Waals surface area (Å²) in [7, 11) is 0. The van der Waals surface area contributed by atoms with Crippen LogP contribution in [0.5, 0.6) is 5.75 Å². The second-order valence-electron chi connectivity index (χ2n) is 3.64. The number of pyridine rings is 1. The zero-order chi connectivity index (χ0) is 12.1. The Kier molecular flexibility index (Phi) is 3.83. The van der Waals surface area contributed by atoms with E-state index in [0.717, 1.165) is 17.2 Å². The number of benzene rings is 1. The summed E-state index contributed by atoms with van der Waals surface area (Å²) in [5.41, 5.74) is 6.67. The molecule has 0 bridgehead atoms. The summed E-state index contributed by atoms with van der Waals surface area (Å²) < 4.78 is 5.54. The van der Waals surface area contributed by atoms with Crippen molar-refractivity contribution in [1.29, 1.82) is 0 Å². The topological polar surface area (TPSA) is 48.1 Å². The minimum Gasteiger partial charge on any atom is -0.492 e. The van der Waals surface area contributed by atoms with Crippen molar-refractivity contribution < 1.29 is 4.74 Å². The van der Waals surface area contributed by atoms with Crippen molar-refractivity contribution in [2.75, 3.05) is 12.3 Å². The lowest BCUT2D eigenvalue weighted by molar-refractivity contribution is 0.321. The van der Waals surface area contributed by atoms with E-state index in [1.54, 1.807) is 12.3 Å². The number of hydrogen-bond acceptors (Lipinski definition) is 3. The van der Waals surface area contributed by atoms with E-state index < -0.39 is 0 Å². The lowest BCUT2D eigenvalue weighted by atomic mass is 10.2. The van der Waals surface area contributed by atoms with Gasteiger partial charge in [0.25, 0.3) is 0 Å². The molecular formula is C13H13ClN2O. The predicted molar refractivity (Wildman–Crippen MR) is 69.3 cm³/mol. The predicted octanol–water partition coefficient (Wildman–Crippen LogP) is 2.94. The molecule has 0 unspecified atom stereocenters. The first kappa shape index (κ1) is 11.7. The molecule has 0 aliphatic heterocycles. The van der Waals surface area contributed by atoms with Crippen LogP contribution in [0.3, 0.4) is 0 Å². The van der Waals surface area contributed by atoms with Gasteiger partial charge < -0.3 is 10.5 Å². The van der Waals surface area contributed by atoms with Gasteiger partial charge in [0.05, 0.1) is 12.8 Å². The summed E-state index contributed by atoms with van der Waals surface area (Å²) >= 11 is 5.81. The fourth-order valence-electron chi connectivity index (χ4n) is 1.41. The van der Waals surface area contributed by atoms with E-state index in [1.807, 2.05) is 30.3 Å². The normalized spacial score (nSPS) is 10.2. The lowest BCUT2D eigenvalue weighted by Crippen LogP contribution is -2.01. The zero-order valence-electron chi connectivity index (χ0n) is 9.27. The van der Waals surface area contributed by atoms with Gasteiger partial charge in [-0.2, -0.15) is 0 Å². The molecule has 2 rings (SSSR count). The Morgan fingerprint density at radius 1 is 1.12 bits per heavy atom. The Hall–Kier alpha value is -1.74. The summed E-state index contributed by atoms with van der Waals surface area (Å²) in [5.74, 6) is 1.23. The minimum atomic E-state index is 0.495. The number of aromatic nitrogens is 1. The Morgan fingerprint density at radius 3 is 2.53 bits per heavy atom. The highest BCUT2D eigenvalue weighted by atomic mass is 35.5. The molecule has 1 heterocycles. The standard InChI is InChI=1S/C13H13ClN2O/c14-11-3-1-10(2-4-11)7-8-17-12-5-6-13(15)16-9-12/h1-6,9H,7-8H2,(H2,15,16). The number of halogens is 1. The van der Waals surface area contributed by atoms with Gasteiger partial charge in [-0.1, -0.05) is 23.7 Å². The van der Waals surface area contributed by atoms with Crippen molar-refractivity contribution in [3.05, 3.63) is 53.2 Å². The van der Waals surface area contributed by atoms with Gasteiger partial charge in [-0.3, -0.25) is 0 Å². The molecule has 1 aromatic heterocycles. The summed E-state index contributed by atoms with van der Waals surface area (Å²) in [6, 6.07) is 11.3. The minimum absolute atomic E-state index is 0.495. The number of nitrogens with two attached hydrogens (primary N) is 1. The molecule has 4 heteroatoms. The van der Waals surface area contributed by atoms with Crippen molar-refractivity contribution in [1.82, 2.24) is 4.98 Å². The van der Waals surface area contributed by atoms with Gasteiger partial charge in [0.1, 0.15) is 11.6 Å². The highest BCUT2D eigenvalue weighted by Gasteiger charge is 1.96.